The van der Waals surface area contributed by atoms with Crippen molar-refractivity contribution < 1.29 is 13.2 Å². The predicted octanol–water partition coefficient (Wildman–Crippen LogP) is 1.28. The smallest absolute Gasteiger partial charge is 0.263 e. The molecule has 0 atom stereocenters. The van der Waals surface area contributed by atoms with Crippen LogP contribution in [0, 0.1) is 0 Å². The molecule has 9 nitrogen and oxygen atoms in total. The average molecular weight is 398 g/mol. The molecule has 0 aliphatic carbocycles. The molecule has 1 heterocycles. The summed E-state index contributed by atoms with van der Waals surface area (Å²) in [4.78, 5) is 13.5. The van der Waals surface area contributed by atoms with Crippen LogP contribution < -0.4 is 5.43 Å². The zero-order valence-electron chi connectivity index (χ0n) is 15.3. The minimum absolute atomic E-state index is 0.135. The highest BCUT2D eigenvalue weighted by Gasteiger charge is 2.10. The lowest BCUT2D eigenvalue weighted by Gasteiger charge is -2.04. The van der Waals surface area contributed by atoms with Crippen molar-refractivity contribution in [3.63, 3.8) is 0 Å². The van der Waals surface area contributed by atoms with Gasteiger partial charge < -0.3 is 0 Å². The van der Waals surface area contributed by atoms with E-state index in [9.17, 15) is 13.2 Å². The summed E-state index contributed by atoms with van der Waals surface area (Å²) < 4.78 is 23.0. The Kier molecular flexibility index (Phi) is 5.59. The van der Waals surface area contributed by atoms with E-state index in [1.807, 2.05) is 30.3 Å². The molecular weight excluding hydrogens is 380 g/mol. The second kappa shape index (κ2) is 8.09. The highest BCUT2D eigenvalue weighted by Crippen LogP contribution is 2.12. The number of benzene rings is 2. The summed E-state index contributed by atoms with van der Waals surface area (Å²) in [6.45, 7) is 1.57. The van der Waals surface area contributed by atoms with E-state index in [1.165, 1.54) is 16.9 Å². The second-order valence-electron chi connectivity index (χ2n) is 6.04. The number of hydrogen-bond donors (Lipinski definition) is 1. The fourth-order valence-corrected chi connectivity index (χ4v) is 2.96. The van der Waals surface area contributed by atoms with Crippen LogP contribution in [0.4, 0.5) is 0 Å². The Hall–Kier alpha value is -3.40. The summed E-state index contributed by atoms with van der Waals surface area (Å²) in [6.07, 6.45) is 1.14. The van der Waals surface area contributed by atoms with Crippen LogP contribution in [0.3, 0.4) is 0 Å². The van der Waals surface area contributed by atoms with Crippen molar-refractivity contribution in [3.05, 3.63) is 60.2 Å². The third kappa shape index (κ3) is 4.86. The fraction of sp³-hybridized carbons (Fsp3) is 0.167. The van der Waals surface area contributed by atoms with Crippen LogP contribution in [0.25, 0.3) is 11.4 Å². The van der Waals surface area contributed by atoms with Gasteiger partial charge >= 0.3 is 0 Å². The van der Waals surface area contributed by atoms with Crippen LogP contribution in [0.15, 0.2) is 64.6 Å². The van der Waals surface area contributed by atoms with Gasteiger partial charge in [0.2, 0.25) is 5.82 Å². The summed E-state index contributed by atoms with van der Waals surface area (Å²) in [5, 5.41) is 16.0. The Balaban J connectivity index is 1.61. The van der Waals surface area contributed by atoms with Gasteiger partial charge in [-0.2, -0.15) is 9.90 Å². The topological polar surface area (TPSA) is 119 Å². The largest absolute Gasteiger partial charge is 0.271 e. The van der Waals surface area contributed by atoms with Gasteiger partial charge in [-0.25, -0.2) is 13.8 Å². The highest BCUT2D eigenvalue weighted by atomic mass is 32.2. The number of carbonyl (C=O) groups excluding carboxylic acids is 1. The third-order valence-electron chi connectivity index (χ3n) is 3.82. The van der Waals surface area contributed by atoms with Gasteiger partial charge in [-0.15, -0.1) is 10.2 Å². The molecule has 0 aliphatic rings. The van der Waals surface area contributed by atoms with Crippen LogP contribution >= 0.6 is 0 Å². The van der Waals surface area contributed by atoms with Crippen molar-refractivity contribution in [2.45, 2.75) is 18.4 Å². The van der Waals surface area contributed by atoms with Crippen molar-refractivity contribution >= 4 is 21.5 Å². The number of rotatable bonds is 6. The summed E-state index contributed by atoms with van der Waals surface area (Å²) in [7, 11) is -3.26. The van der Waals surface area contributed by atoms with E-state index >= 15 is 0 Å². The summed E-state index contributed by atoms with van der Waals surface area (Å²) >= 11 is 0. The van der Waals surface area contributed by atoms with E-state index in [0.29, 0.717) is 17.1 Å². The highest BCUT2D eigenvalue weighted by molar-refractivity contribution is 7.90. The molecular formula is C18H18N6O3S. The number of nitrogens with one attached hydrogen (secondary N) is 1. The van der Waals surface area contributed by atoms with Gasteiger partial charge in [0.1, 0.15) is 6.54 Å². The minimum Gasteiger partial charge on any atom is -0.271 e. The van der Waals surface area contributed by atoms with Crippen LogP contribution in [0.2, 0.25) is 0 Å². The first-order valence-corrected chi connectivity index (χ1v) is 10.2. The molecule has 0 unspecified atom stereocenters. The lowest BCUT2D eigenvalue weighted by molar-refractivity contribution is -0.122. The Morgan fingerprint density at radius 3 is 2.43 bits per heavy atom. The zero-order valence-corrected chi connectivity index (χ0v) is 16.1. The van der Waals surface area contributed by atoms with Gasteiger partial charge in [0.05, 0.1) is 10.6 Å². The Labute approximate surface area is 162 Å². The average Bonchev–Trinajstić information content (AvgIpc) is 3.14. The van der Waals surface area contributed by atoms with Crippen molar-refractivity contribution in [1.82, 2.24) is 25.6 Å². The van der Waals surface area contributed by atoms with E-state index in [1.54, 1.807) is 19.1 Å². The van der Waals surface area contributed by atoms with Crippen molar-refractivity contribution in [2.24, 2.45) is 5.10 Å². The van der Waals surface area contributed by atoms with Crippen LogP contribution in [0.5, 0.6) is 0 Å². The van der Waals surface area contributed by atoms with Crippen molar-refractivity contribution in [3.8, 4) is 11.4 Å². The molecule has 0 saturated carbocycles. The molecule has 2 aromatic carbocycles. The molecule has 1 aromatic heterocycles. The third-order valence-corrected chi connectivity index (χ3v) is 4.95. The Bertz CT molecular complexity index is 1110. The maximum absolute atomic E-state index is 12.1. The number of tetrazole rings is 1. The van der Waals surface area contributed by atoms with Gasteiger partial charge in [0.15, 0.2) is 9.84 Å². The molecule has 1 N–H and O–H groups in total. The number of carbonyl (C=O) groups is 1. The Morgan fingerprint density at radius 2 is 1.79 bits per heavy atom. The van der Waals surface area contributed by atoms with Gasteiger partial charge in [0.25, 0.3) is 5.91 Å². The molecule has 0 spiro atoms. The molecule has 144 valence electrons. The van der Waals surface area contributed by atoms with Gasteiger partial charge in [-0.05, 0) is 29.8 Å². The molecule has 1 amide bonds. The molecule has 0 bridgehead atoms. The first-order chi connectivity index (χ1) is 13.3. The number of amides is 1. The summed E-state index contributed by atoms with van der Waals surface area (Å²) in [5.74, 6) is 0.0168. The number of aromatic nitrogens is 4. The van der Waals surface area contributed by atoms with Crippen molar-refractivity contribution in [1.29, 1.82) is 0 Å². The zero-order chi connectivity index (χ0) is 20.1. The number of hydrazone groups is 1. The molecule has 0 fully saturated rings. The molecule has 3 rings (SSSR count). The predicted molar refractivity (Wildman–Crippen MR) is 103 cm³/mol. The number of hydrogen-bond acceptors (Lipinski definition) is 7. The van der Waals surface area contributed by atoms with Crippen LogP contribution in [0.1, 0.15) is 12.5 Å². The normalized spacial score (nSPS) is 12.0. The maximum Gasteiger partial charge on any atom is 0.263 e. The van der Waals surface area contributed by atoms with Crippen molar-refractivity contribution in [2.75, 3.05) is 6.26 Å². The summed E-state index contributed by atoms with van der Waals surface area (Å²) in [5.41, 5.74) is 4.46. The van der Waals surface area contributed by atoms with Gasteiger partial charge in [-0.1, -0.05) is 42.5 Å². The van der Waals surface area contributed by atoms with Gasteiger partial charge in [-0.3, -0.25) is 4.79 Å². The standard InChI is InChI=1S/C18H18N6O3S/c1-13(14-8-10-16(11-9-14)28(2,26)27)19-20-17(25)12-24-22-18(21-23-24)15-6-4-3-5-7-15/h3-11H,12H2,1-2H3,(H,20,25)/b19-13-. The molecule has 28 heavy (non-hydrogen) atoms. The summed E-state index contributed by atoms with van der Waals surface area (Å²) in [6, 6.07) is 15.6. The minimum atomic E-state index is -3.26. The lowest BCUT2D eigenvalue weighted by Crippen LogP contribution is -2.25. The SMILES string of the molecule is C/C(=N/NC(=O)Cn1nnc(-c2ccccc2)n1)c1ccc(S(C)(=O)=O)cc1. The maximum atomic E-state index is 12.1. The second-order valence-corrected chi connectivity index (χ2v) is 8.05. The number of nitrogens with zero attached hydrogens (tertiary/aromatic N) is 5. The van der Waals surface area contributed by atoms with E-state index in [2.05, 4.69) is 25.9 Å². The van der Waals surface area contributed by atoms with E-state index in [0.717, 1.165) is 11.8 Å². The first kappa shape index (κ1) is 19.4. The van der Waals surface area contributed by atoms with E-state index in [4.69, 9.17) is 0 Å². The first-order valence-electron chi connectivity index (χ1n) is 8.30. The fourth-order valence-electron chi connectivity index (χ4n) is 2.33. The molecule has 0 radical (unpaired) electrons. The number of sulfone groups is 1. The lowest BCUT2D eigenvalue weighted by atomic mass is 10.1. The molecule has 10 heteroatoms. The van der Waals surface area contributed by atoms with Crippen LogP contribution in [-0.2, 0) is 21.2 Å². The van der Waals surface area contributed by atoms with Crippen LogP contribution in [-0.4, -0.2) is 46.5 Å². The van der Waals surface area contributed by atoms with E-state index in [-0.39, 0.29) is 11.4 Å². The Morgan fingerprint density at radius 1 is 1.11 bits per heavy atom. The van der Waals surface area contributed by atoms with Gasteiger partial charge in [0, 0.05) is 11.8 Å². The quantitative estimate of drug-likeness (QED) is 0.493. The molecule has 0 aliphatic heterocycles. The monoisotopic (exact) mass is 398 g/mol. The molecule has 0 saturated heterocycles. The molecule has 3 aromatic rings. The van der Waals surface area contributed by atoms with E-state index < -0.39 is 15.7 Å².